The van der Waals surface area contributed by atoms with Crippen LogP contribution in [0.15, 0.2) is 18.2 Å². The number of carbonyl (C=O) groups is 1. The minimum Gasteiger partial charge on any atom is -0.395 e. The zero-order chi connectivity index (χ0) is 10.6. The number of hydrogen-bond acceptors (Lipinski definition) is 3. The van der Waals surface area contributed by atoms with Crippen LogP contribution in [0, 0.1) is 0 Å². The molecule has 0 radical (unpaired) electrons. The summed E-state index contributed by atoms with van der Waals surface area (Å²) < 4.78 is 0. The molecule has 0 saturated heterocycles. The van der Waals surface area contributed by atoms with Crippen molar-refractivity contribution in [2.75, 3.05) is 18.5 Å². The molecule has 4 nitrogen and oxygen atoms in total. The molecule has 0 fully saturated rings. The van der Waals surface area contributed by atoms with Crippen LogP contribution in [0.1, 0.15) is 10.4 Å². The molecule has 0 aliphatic heterocycles. The topological polar surface area (TPSA) is 75.4 Å². The maximum Gasteiger partial charge on any atom is 0.252 e. The van der Waals surface area contributed by atoms with E-state index >= 15 is 0 Å². The number of anilines is 1. The number of primary amides is 1. The minimum atomic E-state index is -0.587. The summed E-state index contributed by atoms with van der Waals surface area (Å²) in [5.74, 6) is -0.587. The number of aliphatic hydroxyl groups excluding tert-OH is 1. The number of aliphatic hydroxyl groups is 1. The normalized spacial score (nSPS) is 9.86. The lowest BCUT2D eigenvalue weighted by molar-refractivity contribution is 0.100. The van der Waals surface area contributed by atoms with Gasteiger partial charge >= 0.3 is 0 Å². The van der Waals surface area contributed by atoms with Crippen LogP contribution < -0.4 is 11.1 Å². The third-order valence-electron chi connectivity index (χ3n) is 1.69. The van der Waals surface area contributed by atoms with E-state index in [2.05, 4.69) is 5.32 Å². The van der Waals surface area contributed by atoms with Gasteiger partial charge in [0, 0.05) is 12.2 Å². The van der Waals surface area contributed by atoms with E-state index in [0.717, 1.165) is 0 Å². The van der Waals surface area contributed by atoms with Gasteiger partial charge in [-0.15, -0.1) is 0 Å². The van der Waals surface area contributed by atoms with Gasteiger partial charge in [0.25, 0.3) is 5.91 Å². The summed E-state index contributed by atoms with van der Waals surface area (Å²) in [6, 6.07) is 4.97. The van der Waals surface area contributed by atoms with E-state index < -0.39 is 5.91 Å². The molecule has 14 heavy (non-hydrogen) atoms. The van der Waals surface area contributed by atoms with Crippen LogP contribution in [-0.4, -0.2) is 24.2 Å². The lowest BCUT2D eigenvalue weighted by Crippen LogP contribution is -2.16. The Bertz CT molecular complexity index is 342. The van der Waals surface area contributed by atoms with Crippen LogP contribution in [0.3, 0.4) is 0 Å². The van der Waals surface area contributed by atoms with E-state index in [4.69, 9.17) is 22.4 Å². The Morgan fingerprint density at radius 3 is 2.86 bits per heavy atom. The number of rotatable bonds is 4. The summed E-state index contributed by atoms with van der Waals surface area (Å²) in [7, 11) is 0. The van der Waals surface area contributed by atoms with Crippen LogP contribution in [0.4, 0.5) is 5.69 Å². The maximum atomic E-state index is 11.0. The maximum absolute atomic E-state index is 11.0. The first kappa shape index (κ1) is 10.8. The van der Waals surface area contributed by atoms with Crippen molar-refractivity contribution >= 4 is 23.2 Å². The molecule has 0 spiro atoms. The highest BCUT2D eigenvalue weighted by Gasteiger charge is 2.11. The predicted molar refractivity (Wildman–Crippen MR) is 55.5 cm³/mol. The van der Waals surface area contributed by atoms with Gasteiger partial charge in [-0.3, -0.25) is 4.79 Å². The van der Waals surface area contributed by atoms with E-state index in [1.165, 1.54) is 0 Å². The summed E-state index contributed by atoms with van der Waals surface area (Å²) >= 11 is 5.80. The van der Waals surface area contributed by atoms with E-state index in [-0.39, 0.29) is 12.2 Å². The zero-order valence-corrected chi connectivity index (χ0v) is 8.21. The molecule has 0 heterocycles. The molecule has 5 heteroatoms. The van der Waals surface area contributed by atoms with Gasteiger partial charge in [0.1, 0.15) is 0 Å². The van der Waals surface area contributed by atoms with Crippen molar-refractivity contribution < 1.29 is 9.90 Å². The lowest BCUT2D eigenvalue weighted by atomic mass is 10.1. The van der Waals surface area contributed by atoms with Gasteiger partial charge in [-0.05, 0) is 12.1 Å². The molecular formula is C9H11ClN2O2. The Kier molecular flexibility index (Phi) is 3.73. The fourth-order valence-corrected chi connectivity index (χ4v) is 1.38. The van der Waals surface area contributed by atoms with Crippen LogP contribution in [0.25, 0.3) is 0 Å². The highest BCUT2D eigenvalue weighted by atomic mass is 35.5. The molecule has 1 amide bonds. The lowest BCUT2D eigenvalue weighted by Gasteiger charge is -2.09. The molecule has 0 aromatic heterocycles. The van der Waals surface area contributed by atoms with E-state index in [9.17, 15) is 4.79 Å². The Morgan fingerprint density at radius 2 is 2.29 bits per heavy atom. The largest absolute Gasteiger partial charge is 0.395 e. The van der Waals surface area contributed by atoms with Crippen LogP contribution >= 0.6 is 11.6 Å². The molecule has 1 rings (SSSR count). The van der Waals surface area contributed by atoms with Crippen LogP contribution in [0.5, 0.6) is 0 Å². The number of nitrogens with one attached hydrogen (secondary N) is 1. The molecule has 0 aliphatic carbocycles. The smallest absolute Gasteiger partial charge is 0.252 e. The number of amides is 1. The SMILES string of the molecule is NC(=O)c1c(Cl)cccc1NCCO. The number of halogens is 1. The Hall–Kier alpha value is -1.26. The molecule has 1 aromatic rings. The number of carbonyl (C=O) groups excluding carboxylic acids is 1. The molecule has 0 saturated carbocycles. The van der Waals surface area contributed by atoms with Crippen molar-refractivity contribution in [3.63, 3.8) is 0 Å². The second kappa shape index (κ2) is 4.83. The predicted octanol–water partition coefficient (Wildman–Crippen LogP) is 0.843. The van der Waals surface area contributed by atoms with Gasteiger partial charge in [0.05, 0.1) is 17.2 Å². The van der Waals surface area contributed by atoms with Crippen molar-refractivity contribution in [2.45, 2.75) is 0 Å². The quantitative estimate of drug-likeness (QED) is 0.696. The standard InChI is InChI=1S/C9H11ClN2O2/c10-6-2-1-3-7(12-4-5-13)8(6)9(11)14/h1-3,12-13H,4-5H2,(H2,11,14). The highest BCUT2D eigenvalue weighted by Crippen LogP contribution is 2.23. The summed E-state index contributed by atoms with van der Waals surface area (Å²) in [6.07, 6.45) is 0. The van der Waals surface area contributed by atoms with Crippen LogP contribution in [-0.2, 0) is 0 Å². The van der Waals surface area contributed by atoms with Gasteiger partial charge in [-0.1, -0.05) is 17.7 Å². The second-order valence-corrected chi connectivity index (χ2v) is 3.08. The second-order valence-electron chi connectivity index (χ2n) is 2.68. The van der Waals surface area contributed by atoms with Gasteiger partial charge in [-0.2, -0.15) is 0 Å². The fourth-order valence-electron chi connectivity index (χ4n) is 1.11. The first-order valence-electron chi connectivity index (χ1n) is 4.10. The molecule has 76 valence electrons. The summed E-state index contributed by atoms with van der Waals surface area (Å²) in [6.45, 7) is 0.325. The molecule has 0 unspecified atom stereocenters. The van der Waals surface area contributed by atoms with Gasteiger partial charge in [0.15, 0.2) is 0 Å². The van der Waals surface area contributed by atoms with Crippen molar-refractivity contribution in [3.05, 3.63) is 28.8 Å². The minimum absolute atomic E-state index is 0.0231. The molecular weight excluding hydrogens is 204 g/mol. The monoisotopic (exact) mass is 214 g/mol. The first-order valence-corrected chi connectivity index (χ1v) is 4.47. The van der Waals surface area contributed by atoms with E-state index in [1.807, 2.05) is 0 Å². The highest BCUT2D eigenvalue weighted by molar-refractivity contribution is 6.34. The van der Waals surface area contributed by atoms with Crippen molar-refractivity contribution in [3.8, 4) is 0 Å². The first-order chi connectivity index (χ1) is 6.66. The van der Waals surface area contributed by atoms with Gasteiger partial charge < -0.3 is 16.2 Å². The summed E-state index contributed by atoms with van der Waals surface area (Å²) in [5, 5.41) is 11.8. The summed E-state index contributed by atoms with van der Waals surface area (Å²) in [5.41, 5.74) is 5.95. The fraction of sp³-hybridized carbons (Fsp3) is 0.222. The molecule has 0 aliphatic rings. The zero-order valence-electron chi connectivity index (χ0n) is 7.46. The average molecular weight is 215 g/mol. The number of benzene rings is 1. The van der Waals surface area contributed by atoms with E-state index in [1.54, 1.807) is 18.2 Å². The Morgan fingerprint density at radius 1 is 1.57 bits per heavy atom. The van der Waals surface area contributed by atoms with Crippen molar-refractivity contribution in [1.82, 2.24) is 0 Å². The summed E-state index contributed by atoms with van der Waals surface area (Å²) in [4.78, 5) is 11.0. The van der Waals surface area contributed by atoms with Gasteiger partial charge in [-0.25, -0.2) is 0 Å². The van der Waals surface area contributed by atoms with Crippen molar-refractivity contribution in [1.29, 1.82) is 0 Å². The molecule has 0 bridgehead atoms. The number of nitrogens with two attached hydrogens (primary N) is 1. The van der Waals surface area contributed by atoms with E-state index in [0.29, 0.717) is 17.3 Å². The third kappa shape index (κ3) is 2.37. The van der Waals surface area contributed by atoms with Gasteiger partial charge in [0.2, 0.25) is 0 Å². The third-order valence-corrected chi connectivity index (χ3v) is 2.00. The Balaban J connectivity index is 3.02. The molecule has 1 aromatic carbocycles. The van der Waals surface area contributed by atoms with Crippen LogP contribution in [0.2, 0.25) is 5.02 Å². The molecule has 4 N–H and O–H groups in total. The average Bonchev–Trinajstić information content (AvgIpc) is 2.14. The van der Waals surface area contributed by atoms with Crippen molar-refractivity contribution in [2.24, 2.45) is 5.73 Å². The number of hydrogen-bond donors (Lipinski definition) is 3. The molecule has 0 atom stereocenters. The Labute approximate surface area is 86.7 Å².